The fourth-order valence-corrected chi connectivity index (χ4v) is 7.59. The van der Waals surface area contributed by atoms with E-state index < -0.39 is 83.7 Å². The van der Waals surface area contributed by atoms with Gasteiger partial charge in [-0.25, -0.2) is 9.59 Å². The molecule has 358 valence electrons. The summed E-state index contributed by atoms with van der Waals surface area (Å²) >= 11 is 0. The second kappa shape index (κ2) is 25.0. The lowest BCUT2D eigenvalue weighted by Crippen LogP contribution is -2.61. The molecule has 18 heteroatoms. The lowest BCUT2D eigenvalue weighted by Gasteiger charge is -2.33. The van der Waals surface area contributed by atoms with Crippen LogP contribution in [0.2, 0.25) is 0 Å². The number of hydrogen-bond acceptors (Lipinski definition) is 10. The molecule has 0 aliphatic carbocycles. The van der Waals surface area contributed by atoms with E-state index in [0.717, 1.165) is 11.1 Å². The Morgan fingerprint density at radius 3 is 1.76 bits per heavy atom. The third-order valence-electron chi connectivity index (χ3n) is 11.9. The van der Waals surface area contributed by atoms with Gasteiger partial charge in [0.05, 0.1) is 0 Å². The quantitative estimate of drug-likeness (QED) is 0.112. The van der Waals surface area contributed by atoms with Gasteiger partial charge in [0.2, 0.25) is 29.5 Å². The van der Waals surface area contributed by atoms with Crippen molar-refractivity contribution in [1.29, 1.82) is 0 Å². The molecule has 0 bridgehead atoms. The molecule has 7 atom stereocenters. The molecule has 18 nitrogen and oxygen atoms in total. The average Bonchev–Trinajstić information content (AvgIpc) is 3.28. The van der Waals surface area contributed by atoms with Gasteiger partial charge in [0.15, 0.2) is 0 Å². The Labute approximate surface area is 385 Å². The molecular weight excluding hydrogens is 851 g/mol. The number of carbonyl (C=O) groups excluding carboxylic acids is 6. The monoisotopic (exact) mass is 915 g/mol. The van der Waals surface area contributed by atoms with Crippen LogP contribution < -0.4 is 31.9 Å². The molecule has 1 heterocycles. The summed E-state index contributed by atoms with van der Waals surface area (Å²) in [5.74, 6) is -5.26. The van der Waals surface area contributed by atoms with Crippen molar-refractivity contribution in [3.63, 3.8) is 0 Å². The number of carboxylic acids is 1. The molecular formula is C48H65N7O11. The highest BCUT2D eigenvalue weighted by molar-refractivity contribution is 5.96. The molecule has 0 radical (unpaired) electrons. The number of carbonyl (C=O) groups is 7. The van der Waals surface area contributed by atoms with Gasteiger partial charge in [-0.15, -0.1) is 0 Å². The zero-order valence-corrected chi connectivity index (χ0v) is 38.2. The van der Waals surface area contributed by atoms with Gasteiger partial charge in [0, 0.05) is 20.0 Å². The molecule has 3 aromatic rings. The first-order valence-electron chi connectivity index (χ1n) is 22.5. The van der Waals surface area contributed by atoms with E-state index in [1.807, 2.05) is 13.8 Å². The predicted molar refractivity (Wildman–Crippen MR) is 245 cm³/mol. The number of likely N-dealkylation sites (N-methyl/N-ethyl adjacent to an activating group) is 1. The fourth-order valence-electron chi connectivity index (χ4n) is 7.59. The summed E-state index contributed by atoms with van der Waals surface area (Å²) in [6.45, 7) is 7.21. The van der Waals surface area contributed by atoms with Gasteiger partial charge in [-0.1, -0.05) is 70.5 Å². The SMILES string of the molecule is CC[C@H](C)[C@@H]1NC(=O)[C@H](CCc2ccc(O)cc2)N(C)C(=O)[C@H](CCc2ccc(O)cc2)NC(=O)[C@H](C(C)C)NC(=O)[C@H](NC(=O)N[C@@H](Cc2ccc(O)cc2)C(=O)O)CCCCNC1=O. The number of urea groups is 1. The van der Waals surface area contributed by atoms with Crippen LogP contribution in [-0.4, -0.2) is 117 Å². The summed E-state index contributed by atoms with van der Waals surface area (Å²) in [6.07, 6.45) is 1.76. The summed E-state index contributed by atoms with van der Waals surface area (Å²) in [4.78, 5) is 98.2. The molecule has 1 aliphatic heterocycles. The van der Waals surface area contributed by atoms with Gasteiger partial charge in [0.1, 0.15) is 53.5 Å². The Kier molecular flexibility index (Phi) is 19.6. The summed E-state index contributed by atoms with van der Waals surface area (Å²) in [6, 6.07) is 10.3. The van der Waals surface area contributed by atoms with Crippen molar-refractivity contribution in [1.82, 2.24) is 36.8 Å². The largest absolute Gasteiger partial charge is 0.508 e. The highest BCUT2D eigenvalue weighted by atomic mass is 16.4. The summed E-state index contributed by atoms with van der Waals surface area (Å²) in [7, 11) is 1.45. The third-order valence-corrected chi connectivity index (χ3v) is 11.9. The summed E-state index contributed by atoms with van der Waals surface area (Å²) < 4.78 is 0. The number of benzene rings is 3. The first-order chi connectivity index (χ1) is 31.4. The lowest BCUT2D eigenvalue weighted by atomic mass is 9.96. The maximum Gasteiger partial charge on any atom is 0.326 e. The molecule has 3 aromatic carbocycles. The predicted octanol–water partition coefficient (Wildman–Crippen LogP) is 3.02. The van der Waals surface area contributed by atoms with Crippen LogP contribution in [0.25, 0.3) is 0 Å². The smallest absolute Gasteiger partial charge is 0.326 e. The van der Waals surface area contributed by atoms with Crippen LogP contribution in [0.1, 0.15) is 82.9 Å². The normalized spacial score (nSPS) is 21.5. The van der Waals surface area contributed by atoms with Crippen LogP contribution in [0.5, 0.6) is 17.2 Å². The number of aryl methyl sites for hydroxylation is 2. The van der Waals surface area contributed by atoms with Gasteiger partial charge >= 0.3 is 12.0 Å². The van der Waals surface area contributed by atoms with Crippen molar-refractivity contribution in [3.8, 4) is 17.2 Å². The van der Waals surface area contributed by atoms with E-state index in [-0.39, 0.29) is 68.2 Å². The number of amides is 7. The number of aliphatic carboxylic acids is 1. The first-order valence-corrected chi connectivity index (χ1v) is 22.5. The van der Waals surface area contributed by atoms with Gasteiger partial charge < -0.3 is 57.2 Å². The average molecular weight is 916 g/mol. The van der Waals surface area contributed by atoms with Crippen molar-refractivity contribution in [2.45, 2.75) is 122 Å². The third kappa shape index (κ3) is 15.7. The number of hydrogen-bond donors (Lipinski definition) is 10. The topological polar surface area (TPSA) is 276 Å². The second-order valence-electron chi connectivity index (χ2n) is 17.3. The maximum absolute atomic E-state index is 14.7. The number of phenols is 3. The molecule has 4 rings (SSSR count). The van der Waals surface area contributed by atoms with Gasteiger partial charge in [-0.2, -0.15) is 0 Å². The Morgan fingerprint density at radius 1 is 0.697 bits per heavy atom. The lowest BCUT2D eigenvalue weighted by molar-refractivity contribution is -0.143. The van der Waals surface area contributed by atoms with E-state index in [4.69, 9.17) is 0 Å². The second-order valence-corrected chi connectivity index (χ2v) is 17.3. The first kappa shape index (κ1) is 51.8. The maximum atomic E-state index is 14.7. The number of rotatable bonds is 14. The van der Waals surface area contributed by atoms with Crippen molar-refractivity contribution in [2.24, 2.45) is 11.8 Å². The zero-order chi connectivity index (χ0) is 48.5. The number of phenolic OH excluding ortho intramolecular Hbond substituents is 3. The molecule has 0 saturated carbocycles. The van der Waals surface area contributed by atoms with Gasteiger partial charge in [-0.05, 0) is 110 Å². The Bertz CT molecular complexity index is 2120. The van der Waals surface area contributed by atoms with Gasteiger partial charge in [-0.3, -0.25) is 24.0 Å². The Morgan fingerprint density at radius 2 is 1.23 bits per heavy atom. The van der Waals surface area contributed by atoms with Gasteiger partial charge in [0.25, 0.3) is 0 Å². The number of carboxylic acid groups (broad SMARTS) is 1. The van der Waals surface area contributed by atoms with Crippen molar-refractivity contribution < 1.29 is 54.0 Å². The van der Waals surface area contributed by atoms with Crippen LogP contribution in [0.15, 0.2) is 72.8 Å². The van der Waals surface area contributed by atoms with E-state index >= 15 is 0 Å². The molecule has 66 heavy (non-hydrogen) atoms. The number of nitrogens with one attached hydrogen (secondary N) is 6. The van der Waals surface area contributed by atoms with Crippen LogP contribution >= 0.6 is 0 Å². The van der Waals surface area contributed by atoms with E-state index in [1.54, 1.807) is 38.1 Å². The highest BCUT2D eigenvalue weighted by Crippen LogP contribution is 2.19. The van der Waals surface area contributed by atoms with Crippen molar-refractivity contribution in [3.05, 3.63) is 89.5 Å². The summed E-state index contributed by atoms with van der Waals surface area (Å²) in [5, 5.41) is 55.6. The standard InChI is InChI=1S/C48H65N7O11/c1-6-29(4)41-44(61)49-26-8-7-9-36(51-48(66)52-38(47(64)65)27-32-14-22-35(58)23-15-32)42(59)53-40(28(2)3)45(62)50-37(24-16-30-10-18-33(56)19-11-30)46(63)55(5)39(43(60)54-41)25-17-31-12-20-34(57)21-13-31/h10-15,18-23,28-29,36-41,56-58H,6-9,16-17,24-27H2,1-5H3,(H,49,61)(H,50,62)(H,53,59)(H,54,60)(H,64,65)(H2,51,52,66)/t29-,36+,37-,38-,39-,40-,41-/m0/s1. The van der Waals surface area contributed by atoms with E-state index in [0.29, 0.717) is 24.8 Å². The van der Waals surface area contributed by atoms with E-state index in [1.165, 1.54) is 60.5 Å². The number of nitrogens with zero attached hydrogens (tertiary/aromatic N) is 1. The molecule has 0 spiro atoms. The molecule has 1 aliphatic rings. The number of aromatic hydroxyl groups is 3. The van der Waals surface area contributed by atoms with Crippen LogP contribution in [-0.2, 0) is 48.0 Å². The Hall–Kier alpha value is -6.85. The molecule has 1 saturated heterocycles. The van der Waals surface area contributed by atoms with Crippen LogP contribution in [0.4, 0.5) is 4.79 Å². The van der Waals surface area contributed by atoms with Crippen LogP contribution in [0, 0.1) is 11.8 Å². The van der Waals surface area contributed by atoms with E-state index in [2.05, 4.69) is 31.9 Å². The minimum absolute atomic E-state index is 0.0179. The van der Waals surface area contributed by atoms with Crippen LogP contribution in [0.3, 0.4) is 0 Å². The minimum Gasteiger partial charge on any atom is -0.508 e. The summed E-state index contributed by atoms with van der Waals surface area (Å²) in [5.41, 5.74) is 2.04. The minimum atomic E-state index is -1.41. The molecule has 1 fully saturated rings. The molecule has 7 amide bonds. The highest BCUT2D eigenvalue weighted by Gasteiger charge is 2.37. The van der Waals surface area contributed by atoms with Crippen molar-refractivity contribution in [2.75, 3.05) is 13.6 Å². The fraction of sp³-hybridized carbons (Fsp3) is 0.479. The molecule has 0 aromatic heterocycles. The van der Waals surface area contributed by atoms with E-state index in [9.17, 15) is 54.0 Å². The Balaban J connectivity index is 1.69. The molecule has 10 N–H and O–H groups in total. The van der Waals surface area contributed by atoms with Crippen molar-refractivity contribution >= 4 is 41.5 Å². The zero-order valence-electron chi connectivity index (χ0n) is 38.2. The molecule has 0 unspecified atom stereocenters.